The molecule has 0 saturated heterocycles. The van der Waals surface area contributed by atoms with Gasteiger partial charge in [0.15, 0.2) is 11.0 Å². The van der Waals surface area contributed by atoms with Gasteiger partial charge in [-0.2, -0.15) is 0 Å². The van der Waals surface area contributed by atoms with Crippen LogP contribution in [0.3, 0.4) is 0 Å². The Hall–Kier alpha value is -3.06. The first-order valence-electron chi connectivity index (χ1n) is 8.56. The van der Waals surface area contributed by atoms with Crippen LogP contribution in [0, 0.1) is 13.8 Å². The summed E-state index contributed by atoms with van der Waals surface area (Å²) >= 11 is 1.29. The molecule has 1 amide bonds. The fraction of sp³-hybridized carbons (Fsp3) is 0.150. The van der Waals surface area contributed by atoms with E-state index in [0.29, 0.717) is 5.16 Å². The molecule has 2 aromatic heterocycles. The summed E-state index contributed by atoms with van der Waals surface area (Å²) in [6.07, 6.45) is 0. The van der Waals surface area contributed by atoms with E-state index in [9.17, 15) is 4.79 Å². The average molecular weight is 377 g/mol. The van der Waals surface area contributed by atoms with Crippen LogP contribution < -0.4 is 5.73 Å². The Morgan fingerprint density at radius 1 is 1.15 bits per heavy atom. The summed E-state index contributed by atoms with van der Waals surface area (Å²) in [5.74, 6) is 0.498. The molecule has 0 aliphatic heterocycles. The number of fused-ring (bicyclic) bond motifs is 1. The molecule has 4 rings (SSSR count). The van der Waals surface area contributed by atoms with Crippen molar-refractivity contribution in [2.45, 2.75) is 19.0 Å². The standard InChI is InChI=1S/C20H19N5OS/c1-12-13(2)22-17-9-8-14(10-16(12)17)19-23-24-20(27-11-18(21)26)25(19)15-6-4-3-5-7-15/h3-10,22H,11H2,1-2H3,(H2,21,26). The Morgan fingerprint density at radius 3 is 2.67 bits per heavy atom. The number of aryl methyl sites for hydroxylation is 2. The number of hydrogen-bond donors (Lipinski definition) is 2. The number of nitrogens with zero attached hydrogens (tertiary/aromatic N) is 3. The molecule has 136 valence electrons. The van der Waals surface area contributed by atoms with Gasteiger partial charge in [0.1, 0.15) is 0 Å². The van der Waals surface area contributed by atoms with Crippen molar-refractivity contribution in [2.24, 2.45) is 5.73 Å². The molecule has 0 spiro atoms. The molecule has 4 aromatic rings. The van der Waals surface area contributed by atoms with Gasteiger partial charge in [0, 0.05) is 27.8 Å². The molecule has 0 unspecified atom stereocenters. The van der Waals surface area contributed by atoms with E-state index in [4.69, 9.17) is 5.73 Å². The quantitative estimate of drug-likeness (QED) is 0.520. The minimum atomic E-state index is -0.385. The first-order chi connectivity index (χ1) is 13.0. The summed E-state index contributed by atoms with van der Waals surface area (Å²) in [6, 6.07) is 16.1. The van der Waals surface area contributed by atoms with E-state index in [2.05, 4.69) is 41.2 Å². The lowest BCUT2D eigenvalue weighted by Gasteiger charge is -2.10. The van der Waals surface area contributed by atoms with Crippen molar-refractivity contribution in [3.8, 4) is 17.1 Å². The van der Waals surface area contributed by atoms with Crippen LogP contribution in [0.1, 0.15) is 11.3 Å². The molecule has 0 bridgehead atoms. The van der Waals surface area contributed by atoms with Crippen molar-refractivity contribution in [1.29, 1.82) is 0 Å². The fourth-order valence-corrected chi connectivity index (χ4v) is 3.79. The van der Waals surface area contributed by atoms with E-state index in [-0.39, 0.29) is 11.7 Å². The molecular formula is C20H19N5OS. The van der Waals surface area contributed by atoms with E-state index >= 15 is 0 Å². The summed E-state index contributed by atoms with van der Waals surface area (Å²) < 4.78 is 1.96. The first kappa shape index (κ1) is 17.4. The van der Waals surface area contributed by atoms with Crippen molar-refractivity contribution < 1.29 is 4.79 Å². The zero-order valence-electron chi connectivity index (χ0n) is 15.1. The third-order valence-corrected chi connectivity index (χ3v) is 5.51. The first-order valence-corrected chi connectivity index (χ1v) is 9.54. The van der Waals surface area contributed by atoms with Crippen molar-refractivity contribution in [3.63, 3.8) is 0 Å². The van der Waals surface area contributed by atoms with E-state index in [1.807, 2.05) is 41.0 Å². The number of carbonyl (C=O) groups is 1. The number of nitrogens with two attached hydrogens (primary N) is 1. The molecular weight excluding hydrogens is 358 g/mol. The van der Waals surface area contributed by atoms with Gasteiger partial charge >= 0.3 is 0 Å². The molecule has 0 aliphatic carbocycles. The van der Waals surface area contributed by atoms with Crippen LogP contribution in [0.15, 0.2) is 53.7 Å². The maximum atomic E-state index is 11.2. The average Bonchev–Trinajstić information content (AvgIpc) is 3.22. The fourth-order valence-electron chi connectivity index (χ4n) is 3.10. The van der Waals surface area contributed by atoms with E-state index < -0.39 is 0 Å². The third-order valence-electron chi connectivity index (χ3n) is 4.56. The Labute approximate surface area is 160 Å². The molecule has 0 saturated carbocycles. The number of benzene rings is 2. The zero-order valence-corrected chi connectivity index (χ0v) is 15.9. The molecule has 2 aromatic carbocycles. The Balaban J connectivity index is 1.87. The maximum Gasteiger partial charge on any atom is 0.227 e. The highest BCUT2D eigenvalue weighted by Crippen LogP contribution is 2.31. The second-order valence-corrected chi connectivity index (χ2v) is 7.31. The minimum absolute atomic E-state index is 0.153. The lowest BCUT2D eigenvalue weighted by atomic mass is 10.1. The second kappa shape index (κ2) is 6.92. The number of hydrogen-bond acceptors (Lipinski definition) is 4. The number of thioether (sulfide) groups is 1. The maximum absolute atomic E-state index is 11.2. The summed E-state index contributed by atoms with van der Waals surface area (Å²) in [5.41, 5.74) is 10.7. The predicted molar refractivity (Wildman–Crippen MR) is 108 cm³/mol. The highest BCUT2D eigenvalue weighted by atomic mass is 32.2. The predicted octanol–water partition coefficient (Wildman–Crippen LogP) is 3.61. The number of aromatic nitrogens is 4. The molecule has 2 heterocycles. The summed E-state index contributed by atoms with van der Waals surface area (Å²) in [7, 11) is 0. The summed E-state index contributed by atoms with van der Waals surface area (Å²) in [6.45, 7) is 4.17. The SMILES string of the molecule is Cc1[nH]c2ccc(-c3nnc(SCC(N)=O)n3-c3ccccc3)cc2c1C. The van der Waals surface area contributed by atoms with Crippen molar-refractivity contribution in [1.82, 2.24) is 19.7 Å². The number of H-pyrrole nitrogens is 1. The van der Waals surface area contributed by atoms with Gasteiger partial charge in [-0.25, -0.2) is 0 Å². The number of amides is 1. The lowest BCUT2D eigenvalue weighted by molar-refractivity contribution is -0.115. The number of para-hydroxylation sites is 1. The normalized spacial score (nSPS) is 11.2. The van der Waals surface area contributed by atoms with Crippen molar-refractivity contribution in [3.05, 3.63) is 59.8 Å². The van der Waals surface area contributed by atoms with Gasteiger partial charge in [0.05, 0.1) is 5.75 Å². The lowest BCUT2D eigenvalue weighted by Crippen LogP contribution is -2.13. The van der Waals surface area contributed by atoms with Gasteiger partial charge < -0.3 is 10.7 Å². The minimum Gasteiger partial charge on any atom is -0.369 e. The van der Waals surface area contributed by atoms with E-state index in [1.54, 1.807) is 0 Å². The molecule has 6 nitrogen and oxygen atoms in total. The van der Waals surface area contributed by atoms with Gasteiger partial charge in [0.25, 0.3) is 0 Å². The molecule has 7 heteroatoms. The van der Waals surface area contributed by atoms with Gasteiger partial charge in [-0.3, -0.25) is 9.36 Å². The van der Waals surface area contributed by atoms with Crippen LogP contribution in [0.25, 0.3) is 28.0 Å². The van der Waals surface area contributed by atoms with E-state index in [0.717, 1.165) is 28.3 Å². The largest absolute Gasteiger partial charge is 0.369 e. The number of primary amides is 1. The van der Waals surface area contributed by atoms with Crippen LogP contribution in [0.2, 0.25) is 0 Å². The molecule has 0 fully saturated rings. The van der Waals surface area contributed by atoms with Crippen LogP contribution >= 0.6 is 11.8 Å². The number of carbonyl (C=O) groups excluding carboxylic acids is 1. The Kier molecular flexibility index (Phi) is 4.45. The van der Waals surface area contributed by atoms with Gasteiger partial charge in [-0.05, 0) is 49.7 Å². The van der Waals surface area contributed by atoms with Crippen molar-refractivity contribution >= 4 is 28.6 Å². The van der Waals surface area contributed by atoms with Crippen LogP contribution in [0.5, 0.6) is 0 Å². The van der Waals surface area contributed by atoms with Crippen molar-refractivity contribution in [2.75, 3.05) is 5.75 Å². The number of nitrogens with one attached hydrogen (secondary N) is 1. The molecule has 3 N–H and O–H groups in total. The highest BCUT2D eigenvalue weighted by Gasteiger charge is 2.17. The number of aromatic amines is 1. The topological polar surface area (TPSA) is 89.6 Å². The van der Waals surface area contributed by atoms with Gasteiger partial charge in [-0.1, -0.05) is 30.0 Å². The molecule has 0 aliphatic rings. The molecule has 27 heavy (non-hydrogen) atoms. The number of rotatable bonds is 5. The summed E-state index contributed by atoms with van der Waals surface area (Å²) in [5, 5.41) is 10.5. The molecule has 0 radical (unpaired) electrons. The Morgan fingerprint density at radius 2 is 1.93 bits per heavy atom. The van der Waals surface area contributed by atoms with Gasteiger partial charge in [0.2, 0.25) is 5.91 Å². The van der Waals surface area contributed by atoms with Gasteiger partial charge in [-0.15, -0.1) is 10.2 Å². The monoisotopic (exact) mass is 377 g/mol. The van der Waals surface area contributed by atoms with Crippen LogP contribution in [-0.4, -0.2) is 31.4 Å². The summed E-state index contributed by atoms with van der Waals surface area (Å²) in [4.78, 5) is 14.6. The second-order valence-electron chi connectivity index (χ2n) is 6.37. The Bertz CT molecular complexity index is 1130. The van der Waals surface area contributed by atoms with Crippen LogP contribution in [-0.2, 0) is 4.79 Å². The molecule has 0 atom stereocenters. The smallest absolute Gasteiger partial charge is 0.227 e. The zero-order chi connectivity index (χ0) is 19.0. The van der Waals surface area contributed by atoms with E-state index in [1.165, 1.54) is 22.7 Å². The third kappa shape index (κ3) is 3.21. The highest BCUT2D eigenvalue weighted by molar-refractivity contribution is 7.99. The van der Waals surface area contributed by atoms with Crippen LogP contribution in [0.4, 0.5) is 0 Å².